The topological polar surface area (TPSA) is 85.6 Å². The van der Waals surface area contributed by atoms with Crippen LogP contribution in [0.1, 0.15) is 0 Å². The molecule has 0 fully saturated rings. The first-order chi connectivity index (χ1) is 13.6. The van der Waals surface area contributed by atoms with E-state index in [4.69, 9.17) is 11.6 Å². The summed E-state index contributed by atoms with van der Waals surface area (Å²) in [6.45, 7) is 0. The van der Waals surface area contributed by atoms with Gasteiger partial charge in [-0.1, -0.05) is 17.7 Å². The van der Waals surface area contributed by atoms with E-state index in [2.05, 4.69) is 15.2 Å². The maximum Gasteiger partial charge on any atom is 0.265 e. The SMILES string of the molecule is O=c1c2cc3c(=O)n(-c4ccn[nH]4)ccc3nc2ccn1-c1cccc(Cl)c1. The first-order valence-electron chi connectivity index (χ1n) is 8.45. The van der Waals surface area contributed by atoms with E-state index in [0.29, 0.717) is 38.3 Å². The van der Waals surface area contributed by atoms with Crippen LogP contribution in [-0.2, 0) is 0 Å². The van der Waals surface area contributed by atoms with E-state index in [1.807, 2.05) is 0 Å². The van der Waals surface area contributed by atoms with Gasteiger partial charge in [0.2, 0.25) is 0 Å². The van der Waals surface area contributed by atoms with E-state index >= 15 is 0 Å². The molecule has 0 aliphatic rings. The highest BCUT2D eigenvalue weighted by molar-refractivity contribution is 6.30. The number of fused-ring (bicyclic) bond motifs is 2. The Labute approximate surface area is 162 Å². The third-order valence-corrected chi connectivity index (χ3v) is 4.81. The van der Waals surface area contributed by atoms with Crippen LogP contribution in [0.3, 0.4) is 0 Å². The predicted octanol–water partition coefficient (Wildman–Crippen LogP) is 3.07. The van der Waals surface area contributed by atoms with E-state index in [1.54, 1.807) is 67.1 Å². The molecule has 136 valence electrons. The second-order valence-electron chi connectivity index (χ2n) is 6.26. The minimum Gasteiger partial charge on any atom is -0.284 e. The Morgan fingerprint density at radius 3 is 2.25 bits per heavy atom. The molecule has 0 radical (unpaired) electrons. The molecule has 4 aromatic heterocycles. The number of hydrogen-bond donors (Lipinski definition) is 1. The van der Waals surface area contributed by atoms with Gasteiger partial charge in [-0.15, -0.1) is 0 Å². The Morgan fingerprint density at radius 2 is 1.57 bits per heavy atom. The Bertz CT molecular complexity index is 1470. The second kappa shape index (κ2) is 6.17. The Hall–Kier alpha value is -3.71. The lowest BCUT2D eigenvalue weighted by Crippen LogP contribution is -2.21. The fourth-order valence-corrected chi connectivity index (χ4v) is 3.41. The fraction of sp³-hybridized carbons (Fsp3) is 0. The van der Waals surface area contributed by atoms with Crippen LogP contribution >= 0.6 is 11.6 Å². The van der Waals surface area contributed by atoms with Crippen molar-refractivity contribution in [1.29, 1.82) is 0 Å². The number of aromatic amines is 1. The number of pyridine rings is 3. The second-order valence-corrected chi connectivity index (χ2v) is 6.69. The lowest BCUT2D eigenvalue weighted by Gasteiger charge is -2.09. The zero-order valence-corrected chi connectivity index (χ0v) is 15.1. The Balaban J connectivity index is 1.80. The largest absolute Gasteiger partial charge is 0.284 e. The van der Waals surface area contributed by atoms with Crippen molar-refractivity contribution in [3.63, 3.8) is 0 Å². The van der Waals surface area contributed by atoms with Gasteiger partial charge in [0, 0.05) is 23.5 Å². The number of H-pyrrole nitrogens is 1. The zero-order chi connectivity index (χ0) is 19.3. The molecule has 8 heteroatoms. The molecule has 0 unspecified atom stereocenters. The molecule has 7 nitrogen and oxygen atoms in total. The highest BCUT2D eigenvalue weighted by Gasteiger charge is 2.12. The normalized spacial score (nSPS) is 11.3. The maximum absolute atomic E-state index is 13.1. The molecule has 4 heterocycles. The zero-order valence-electron chi connectivity index (χ0n) is 14.3. The van der Waals surface area contributed by atoms with Crippen molar-refractivity contribution in [2.24, 2.45) is 0 Å². The summed E-state index contributed by atoms with van der Waals surface area (Å²) in [5.74, 6) is 0.538. The molecule has 0 amide bonds. The molecule has 0 spiro atoms. The van der Waals surface area contributed by atoms with Gasteiger partial charge in [-0.25, -0.2) is 4.98 Å². The number of nitrogens with zero attached hydrogens (tertiary/aromatic N) is 4. The summed E-state index contributed by atoms with van der Waals surface area (Å²) < 4.78 is 2.92. The summed E-state index contributed by atoms with van der Waals surface area (Å²) in [4.78, 5) is 30.5. The smallest absolute Gasteiger partial charge is 0.265 e. The maximum atomic E-state index is 13.1. The summed E-state index contributed by atoms with van der Waals surface area (Å²) in [5, 5.41) is 7.87. The lowest BCUT2D eigenvalue weighted by atomic mass is 10.2. The number of hydrogen-bond acceptors (Lipinski definition) is 4. The number of halogens is 1. The predicted molar refractivity (Wildman–Crippen MR) is 108 cm³/mol. The van der Waals surface area contributed by atoms with Crippen LogP contribution in [0.25, 0.3) is 33.3 Å². The lowest BCUT2D eigenvalue weighted by molar-refractivity contribution is 0.926. The summed E-state index contributed by atoms with van der Waals surface area (Å²) in [5.41, 5.74) is 1.13. The van der Waals surface area contributed by atoms with E-state index in [9.17, 15) is 9.59 Å². The number of nitrogens with one attached hydrogen (secondary N) is 1. The fourth-order valence-electron chi connectivity index (χ4n) is 3.23. The van der Waals surface area contributed by atoms with Crippen molar-refractivity contribution in [2.45, 2.75) is 0 Å². The highest BCUT2D eigenvalue weighted by atomic mass is 35.5. The molecule has 0 atom stereocenters. The van der Waals surface area contributed by atoms with Gasteiger partial charge in [-0.3, -0.25) is 23.8 Å². The van der Waals surface area contributed by atoms with Crippen molar-refractivity contribution in [2.75, 3.05) is 0 Å². The quantitative estimate of drug-likeness (QED) is 0.470. The van der Waals surface area contributed by atoms with Gasteiger partial charge in [0.1, 0.15) is 5.82 Å². The van der Waals surface area contributed by atoms with Crippen LogP contribution in [0, 0.1) is 0 Å². The molecular weight excluding hydrogens is 378 g/mol. The number of rotatable bonds is 2. The van der Waals surface area contributed by atoms with Gasteiger partial charge in [0.15, 0.2) is 0 Å². The standard InChI is InChI=1S/C20H12ClN5O2/c21-12-2-1-3-13(10-12)25-8-5-16-14(19(25)27)11-15-17(23-16)6-9-26(20(15)28)18-4-7-22-24-18/h1-11H,(H,22,24). The minimum atomic E-state index is -0.284. The molecule has 5 rings (SSSR count). The first kappa shape index (κ1) is 16.5. The average Bonchev–Trinajstić information content (AvgIpc) is 3.22. The summed E-state index contributed by atoms with van der Waals surface area (Å²) in [6.07, 6.45) is 4.85. The van der Waals surface area contributed by atoms with Crippen molar-refractivity contribution in [3.8, 4) is 11.5 Å². The molecule has 28 heavy (non-hydrogen) atoms. The molecule has 5 aromatic rings. The van der Waals surface area contributed by atoms with Crippen molar-refractivity contribution in [3.05, 3.63) is 92.9 Å². The van der Waals surface area contributed by atoms with Crippen LogP contribution in [0.5, 0.6) is 0 Å². The molecular formula is C20H12ClN5O2. The van der Waals surface area contributed by atoms with Crippen molar-refractivity contribution < 1.29 is 0 Å². The van der Waals surface area contributed by atoms with Gasteiger partial charge in [0.05, 0.1) is 33.7 Å². The third-order valence-electron chi connectivity index (χ3n) is 4.57. The monoisotopic (exact) mass is 389 g/mol. The van der Waals surface area contributed by atoms with Crippen LogP contribution < -0.4 is 11.1 Å². The molecule has 0 saturated carbocycles. The van der Waals surface area contributed by atoms with E-state index in [1.165, 1.54) is 9.13 Å². The number of benzene rings is 1. The molecule has 0 bridgehead atoms. The summed E-state index contributed by atoms with van der Waals surface area (Å²) in [7, 11) is 0. The van der Waals surface area contributed by atoms with E-state index < -0.39 is 0 Å². The van der Waals surface area contributed by atoms with Gasteiger partial charge in [0.25, 0.3) is 11.1 Å². The van der Waals surface area contributed by atoms with Crippen LogP contribution in [-0.4, -0.2) is 24.3 Å². The third kappa shape index (κ3) is 2.52. The molecule has 0 aliphatic carbocycles. The van der Waals surface area contributed by atoms with Gasteiger partial charge in [-0.2, -0.15) is 5.10 Å². The Morgan fingerprint density at radius 1 is 0.857 bits per heavy atom. The van der Waals surface area contributed by atoms with E-state index in [-0.39, 0.29) is 11.1 Å². The van der Waals surface area contributed by atoms with Gasteiger partial charge < -0.3 is 0 Å². The van der Waals surface area contributed by atoms with Gasteiger partial charge in [-0.05, 0) is 36.4 Å². The van der Waals surface area contributed by atoms with Crippen LogP contribution in [0.2, 0.25) is 5.02 Å². The van der Waals surface area contributed by atoms with Crippen molar-refractivity contribution in [1.82, 2.24) is 24.3 Å². The molecule has 1 aromatic carbocycles. The minimum absolute atomic E-state index is 0.273. The first-order valence-corrected chi connectivity index (χ1v) is 8.83. The van der Waals surface area contributed by atoms with Crippen LogP contribution in [0.4, 0.5) is 0 Å². The van der Waals surface area contributed by atoms with E-state index in [0.717, 1.165) is 0 Å². The molecule has 0 saturated heterocycles. The highest BCUT2D eigenvalue weighted by Crippen LogP contribution is 2.18. The van der Waals surface area contributed by atoms with Crippen LogP contribution in [0.15, 0.2) is 76.7 Å². The summed E-state index contributed by atoms with van der Waals surface area (Å²) in [6, 6.07) is 13.8. The molecule has 0 aliphatic heterocycles. The summed E-state index contributed by atoms with van der Waals surface area (Å²) >= 11 is 6.05. The van der Waals surface area contributed by atoms with Gasteiger partial charge >= 0.3 is 0 Å². The van der Waals surface area contributed by atoms with Crippen molar-refractivity contribution >= 4 is 33.4 Å². The molecule has 1 N–H and O–H groups in total. The Kier molecular flexibility index (Phi) is 3.63. The average molecular weight is 390 g/mol. The number of aromatic nitrogens is 5.